The minimum absolute atomic E-state index is 0.674. The summed E-state index contributed by atoms with van der Waals surface area (Å²) < 4.78 is 8.42. The number of nitrogens with one attached hydrogen (secondary N) is 1. The number of pyridine rings is 1. The number of aromatic nitrogens is 2. The predicted molar refractivity (Wildman–Crippen MR) is 74.1 cm³/mol. The van der Waals surface area contributed by atoms with E-state index in [0.717, 1.165) is 41.3 Å². The monoisotopic (exact) mass is 309 g/mol. The van der Waals surface area contributed by atoms with Crippen molar-refractivity contribution in [2.24, 2.45) is 5.92 Å². The van der Waals surface area contributed by atoms with Gasteiger partial charge in [0.05, 0.1) is 12.6 Å². The predicted octanol–water partition coefficient (Wildman–Crippen LogP) is 2.26. The molecular formula is C13H16BrN3O. The molecule has 1 aliphatic rings. The fourth-order valence-electron chi connectivity index (χ4n) is 2.58. The molecule has 1 unspecified atom stereocenters. The molecule has 0 spiro atoms. The Bertz CT molecular complexity index is 561. The Balaban J connectivity index is 2.04. The number of methoxy groups -OCH3 is 1. The van der Waals surface area contributed by atoms with Crippen LogP contribution in [0, 0.1) is 5.92 Å². The maximum Gasteiger partial charge on any atom is 0.199 e. The van der Waals surface area contributed by atoms with Crippen LogP contribution in [0.2, 0.25) is 0 Å². The Labute approximate surface area is 114 Å². The fraction of sp³-hybridized carbons (Fsp3) is 0.462. The quantitative estimate of drug-likeness (QED) is 0.945. The molecule has 0 saturated carbocycles. The highest BCUT2D eigenvalue weighted by Crippen LogP contribution is 2.26. The maximum absolute atomic E-state index is 5.43. The first-order valence-corrected chi connectivity index (χ1v) is 6.99. The van der Waals surface area contributed by atoms with Crippen molar-refractivity contribution in [1.29, 1.82) is 0 Å². The van der Waals surface area contributed by atoms with Crippen molar-refractivity contribution < 1.29 is 4.74 Å². The van der Waals surface area contributed by atoms with Gasteiger partial charge >= 0.3 is 0 Å². The summed E-state index contributed by atoms with van der Waals surface area (Å²) in [5.41, 5.74) is 1.07. The number of rotatable bonds is 3. The molecular weight excluding hydrogens is 294 g/mol. The van der Waals surface area contributed by atoms with Gasteiger partial charge in [-0.1, -0.05) is 6.07 Å². The summed E-state index contributed by atoms with van der Waals surface area (Å²) in [6.07, 6.45) is 2.21. The van der Waals surface area contributed by atoms with E-state index < -0.39 is 0 Å². The molecule has 1 fully saturated rings. The first-order valence-electron chi connectivity index (χ1n) is 6.20. The van der Waals surface area contributed by atoms with Gasteiger partial charge in [0.2, 0.25) is 0 Å². The van der Waals surface area contributed by atoms with E-state index in [9.17, 15) is 0 Å². The van der Waals surface area contributed by atoms with Crippen LogP contribution in [0.1, 0.15) is 12.2 Å². The number of imidazole rings is 1. The Morgan fingerprint density at radius 2 is 2.44 bits per heavy atom. The lowest BCUT2D eigenvalue weighted by molar-refractivity contribution is 0.388. The Morgan fingerprint density at radius 1 is 1.56 bits per heavy atom. The second-order valence-electron chi connectivity index (χ2n) is 4.67. The average Bonchev–Trinajstić information content (AvgIpc) is 2.99. The van der Waals surface area contributed by atoms with E-state index in [1.807, 2.05) is 12.1 Å². The van der Waals surface area contributed by atoms with Gasteiger partial charge in [0.1, 0.15) is 10.4 Å². The fourth-order valence-corrected chi connectivity index (χ4v) is 3.09. The Hall–Kier alpha value is -1.07. The Kier molecular flexibility index (Phi) is 3.26. The van der Waals surface area contributed by atoms with Crippen LogP contribution in [0.4, 0.5) is 0 Å². The molecule has 4 nitrogen and oxygen atoms in total. The largest absolute Gasteiger partial charge is 0.482 e. The zero-order valence-electron chi connectivity index (χ0n) is 10.3. The van der Waals surface area contributed by atoms with Crippen LogP contribution in [-0.2, 0) is 6.42 Å². The molecule has 1 aliphatic heterocycles. The number of hydrogen-bond acceptors (Lipinski definition) is 3. The molecule has 2 aromatic rings. The van der Waals surface area contributed by atoms with Gasteiger partial charge in [-0.05, 0) is 53.5 Å². The molecule has 96 valence electrons. The first kappa shape index (κ1) is 12.0. The highest BCUT2D eigenvalue weighted by atomic mass is 79.9. The lowest BCUT2D eigenvalue weighted by Crippen LogP contribution is -2.12. The summed E-state index contributed by atoms with van der Waals surface area (Å²) in [5, 5.41) is 3.40. The van der Waals surface area contributed by atoms with E-state index in [1.54, 1.807) is 7.11 Å². The van der Waals surface area contributed by atoms with Crippen LogP contribution >= 0.6 is 15.9 Å². The van der Waals surface area contributed by atoms with E-state index in [0.29, 0.717) is 5.92 Å². The Morgan fingerprint density at radius 3 is 3.17 bits per heavy atom. The van der Waals surface area contributed by atoms with Gasteiger partial charge in [0.25, 0.3) is 0 Å². The van der Waals surface area contributed by atoms with Crippen molar-refractivity contribution in [2.45, 2.75) is 12.8 Å². The van der Waals surface area contributed by atoms with E-state index >= 15 is 0 Å². The van der Waals surface area contributed by atoms with Crippen LogP contribution in [0.25, 0.3) is 5.52 Å². The SMILES string of the molecule is COc1cccc2c(Br)nc(CC3CCNC3)n12. The summed E-state index contributed by atoms with van der Waals surface area (Å²) in [6, 6.07) is 6.01. The summed E-state index contributed by atoms with van der Waals surface area (Å²) in [4.78, 5) is 4.63. The molecule has 3 heterocycles. The average molecular weight is 310 g/mol. The molecule has 0 bridgehead atoms. The number of hydrogen-bond donors (Lipinski definition) is 1. The summed E-state index contributed by atoms with van der Waals surface area (Å²) in [7, 11) is 1.70. The van der Waals surface area contributed by atoms with Gasteiger partial charge in [0, 0.05) is 6.42 Å². The van der Waals surface area contributed by atoms with Crippen LogP contribution in [0.5, 0.6) is 5.88 Å². The smallest absolute Gasteiger partial charge is 0.199 e. The lowest BCUT2D eigenvalue weighted by Gasteiger charge is -2.10. The van der Waals surface area contributed by atoms with Crippen LogP contribution in [-0.4, -0.2) is 29.6 Å². The molecule has 1 saturated heterocycles. The second-order valence-corrected chi connectivity index (χ2v) is 5.42. The highest BCUT2D eigenvalue weighted by Gasteiger charge is 2.20. The summed E-state index contributed by atoms with van der Waals surface area (Å²) >= 11 is 3.53. The molecule has 1 atom stereocenters. The number of halogens is 1. The van der Waals surface area contributed by atoms with Crippen LogP contribution in [0.3, 0.4) is 0 Å². The minimum atomic E-state index is 0.674. The van der Waals surface area contributed by atoms with Crippen molar-refractivity contribution >= 4 is 21.4 Å². The van der Waals surface area contributed by atoms with E-state index in [1.165, 1.54) is 6.42 Å². The number of ether oxygens (including phenoxy) is 1. The minimum Gasteiger partial charge on any atom is -0.482 e. The molecule has 0 radical (unpaired) electrons. The third-order valence-corrected chi connectivity index (χ3v) is 4.08. The van der Waals surface area contributed by atoms with E-state index in [4.69, 9.17) is 4.74 Å². The van der Waals surface area contributed by atoms with Gasteiger partial charge in [-0.3, -0.25) is 4.40 Å². The van der Waals surface area contributed by atoms with Crippen molar-refractivity contribution in [3.05, 3.63) is 28.6 Å². The van der Waals surface area contributed by atoms with Gasteiger partial charge in [-0.15, -0.1) is 0 Å². The van der Waals surface area contributed by atoms with Crippen molar-refractivity contribution in [3.63, 3.8) is 0 Å². The van der Waals surface area contributed by atoms with E-state index in [2.05, 4.69) is 36.7 Å². The van der Waals surface area contributed by atoms with Crippen molar-refractivity contribution in [1.82, 2.24) is 14.7 Å². The summed E-state index contributed by atoms with van der Waals surface area (Å²) in [5.74, 6) is 2.59. The molecule has 0 amide bonds. The lowest BCUT2D eigenvalue weighted by atomic mass is 10.0. The number of fused-ring (bicyclic) bond motifs is 1. The van der Waals surface area contributed by atoms with Crippen LogP contribution < -0.4 is 10.1 Å². The van der Waals surface area contributed by atoms with Gasteiger partial charge in [0.15, 0.2) is 5.88 Å². The molecule has 18 heavy (non-hydrogen) atoms. The van der Waals surface area contributed by atoms with Crippen molar-refractivity contribution in [2.75, 3.05) is 20.2 Å². The number of nitrogens with zero attached hydrogens (tertiary/aromatic N) is 2. The third kappa shape index (κ3) is 2.01. The van der Waals surface area contributed by atoms with Gasteiger partial charge < -0.3 is 10.1 Å². The molecule has 2 aromatic heterocycles. The van der Waals surface area contributed by atoms with Crippen LogP contribution in [0.15, 0.2) is 22.8 Å². The second kappa shape index (κ2) is 4.90. The molecule has 1 N–H and O–H groups in total. The molecule has 5 heteroatoms. The van der Waals surface area contributed by atoms with Crippen molar-refractivity contribution in [3.8, 4) is 5.88 Å². The zero-order chi connectivity index (χ0) is 12.5. The summed E-state index contributed by atoms with van der Waals surface area (Å²) in [6.45, 7) is 2.20. The molecule has 3 rings (SSSR count). The normalized spacial score (nSPS) is 19.6. The first-order chi connectivity index (χ1) is 8.79. The maximum atomic E-state index is 5.43. The van der Waals surface area contributed by atoms with Gasteiger partial charge in [-0.2, -0.15) is 0 Å². The topological polar surface area (TPSA) is 38.6 Å². The molecule has 0 aliphatic carbocycles. The van der Waals surface area contributed by atoms with E-state index in [-0.39, 0.29) is 0 Å². The third-order valence-electron chi connectivity index (χ3n) is 3.49. The molecule has 0 aromatic carbocycles. The standard InChI is InChI=1S/C13H16BrN3O/c1-18-12-4-2-3-10-13(14)16-11(17(10)12)7-9-5-6-15-8-9/h2-4,9,15H,5-8H2,1H3. The zero-order valence-corrected chi connectivity index (χ0v) is 11.9. The highest BCUT2D eigenvalue weighted by molar-refractivity contribution is 9.10. The van der Waals surface area contributed by atoms with Gasteiger partial charge in [-0.25, -0.2) is 4.98 Å².